The highest BCUT2D eigenvalue weighted by Gasteiger charge is 2.31. The van der Waals surface area contributed by atoms with Crippen molar-refractivity contribution in [1.82, 2.24) is 4.81 Å². The standard InChI is InChI=1S/C16H18BNO/c1-3-9-15(10-4-1)17(18-13-7-8-14-18)19-16-11-5-2-6-12-16/h1-6,9-12H,7-8,13-14H2. The third-order valence-electron chi connectivity index (χ3n) is 3.55. The fourth-order valence-electron chi connectivity index (χ4n) is 2.58. The predicted octanol–water partition coefficient (Wildman–Crippen LogP) is 2.56. The highest BCUT2D eigenvalue weighted by molar-refractivity contribution is 6.65. The molecule has 1 aliphatic rings. The van der Waals surface area contributed by atoms with Crippen molar-refractivity contribution in [3.63, 3.8) is 0 Å². The average Bonchev–Trinajstić information content (AvgIpc) is 3.01. The van der Waals surface area contributed by atoms with Gasteiger partial charge >= 0.3 is 7.05 Å². The van der Waals surface area contributed by atoms with Crippen molar-refractivity contribution in [1.29, 1.82) is 0 Å². The summed E-state index contributed by atoms with van der Waals surface area (Å²) in [5.74, 6) is 0.934. The quantitative estimate of drug-likeness (QED) is 0.774. The first-order valence-corrected chi connectivity index (χ1v) is 6.94. The third-order valence-corrected chi connectivity index (χ3v) is 3.55. The van der Waals surface area contributed by atoms with Gasteiger partial charge in [-0.05, 0) is 43.5 Å². The molecule has 96 valence electrons. The van der Waals surface area contributed by atoms with Gasteiger partial charge in [-0.3, -0.25) is 0 Å². The summed E-state index contributed by atoms with van der Waals surface area (Å²) in [6, 6.07) is 20.6. The number of hydrogen-bond donors (Lipinski definition) is 0. The van der Waals surface area contributed by atoms with Crippen LogP contribution in [0, 0.1) is 0 Å². The molecule has 0 amide bonds. The molecular weight excluding hydrogens is 233 g/mol. The highest BCUT2D eigenvalue weighted by Crippen LogP contribution is 2.15. The van der Waals surface area contributed by atoms with Crippen LogP contribution in [0.5, 0.6) is 5.75 Å². The Balaban J connectivity index is 1.84. The zero-order valence-corrected chi connectivity index (χ0v) is 11.0. The van der Waals surface area contributed by atoms with Crippen LogP contribution in [-0.4, -0.2) is 25.0 Å². The summed E-state index contributed by atoms with van der Waals surface area (Å²) in [5, 5.41) is 0. The Labute approximate surface area is 115 Å². The van der Waals surface area contributed by atoms with Crippen molar-refractivity contribution in [2.24, 2.45) is 0 Å². The largest absolute Gasteiger partial charge is 0.542 e. The molecule has 3 rings (SSSR count). The predicted molar refractivity (Wildman–Crippen MR) is 79.7 cm³/mol. The van der Waals surface area contributed by atoms with Crippen LogP contribution in [0.25, 0.3) is 0 Å². The van der Waals surface area contributed by atoms with Crippen LogP contribution in [0.3, 0.4) is 0 Å². The molecule has 1 heterocycles. The summed E-state index contributed by atoms with van der Waals surface area (Å²) in [5.41, 5.74) is 1.23. The molecule has 0 saturated carbocycles. The second-order valence-electron chi connectivity index (χ2n) is 4.94. The van der Waals surface area contributed by atoms with E-state index in [2.05, 4.69) is 29.1 Å². The van der Waals surface area contributed by atoms with E-state index in [0.29, 0.717) is 0 Å². The summed E-state index contributed by atoms with van der Waals surface area (Å²) >= 11 is 0. The molecule has 0 aliphatic carbocycles. The first kappa shape index (κ1) is 12.3. The van der Waals surface area contributed by atoms with E-state index in [9.17, 15) is 0 Å². The molecule has 1 aliphatic heterocycles. The number of para-hydroxylation sites is 1. The minimum absolute atomic E-state index is 0.0334. The van der Waals surface area contributed by atoms with E-state index in [1.807, 2.05) is 36.4 Å². The van der Waals surface area contributed by atoms with Gasteiger partial charge in [-0.1, -0.05) is 48.5 Å². The van der Waals surface area contributed by atoms with Gasteiger partial charge in [0.1, 0.15) is 0 Å². The number of hydrogen-bond acceptors (Lipinski definition) is 2. The first-order chi connectivity index (χ1) is 9.43. The zero-order valence-electron chi connectivity index (χ0n) is 11.0. The molecule has 0 radical (unpaired) electrons. The molecular formula is C16H18BNO. The number of rotatable bonds is 4. The normalized spacial score (nSPS) is 15.4. The highest BCUT2D eigenvalue weighted by atomic mass is 16.4. The summed E-state index contributed by atoms with van der Waals surface area (Å²) in [7, 11) is 0.0334. The Morgan fingerprint density at radius 2 is 1.37 bits per heavy atom. The summed E-state index contributed by atoms with van der Waals surface area (Å²) in [6.07, 6.45) is 2.53. The molecule has 2 aromatic carbocycles. The first-order valence-electron chi connectivity index (χ1n) is 6.94. The van der Waals surface area contributed by atoms with E-state index in [4.69, 9.17) is 4.65 Å². The molecule has 0 unspecified atom stereocenters. The molecule has 0 N–H and O–H groups in total. The Morgan fingerprint density at radius 1 is 0.789 bits per heavy atom. The van der Waals surface area contributed by atoms with Crippen molar-refractivity contribution in [3.05, 3.63) is 60.7 Å². The van der Waals surface area contributed by atoms with Gasteiger partial charge in [0, 0.05) is 0 Å². The Bertz CT molecular complexity index is 497. The van der Waals surface area contributed by atoms with E-state index in [1.54, 1.807) is 0 Å². The van der Waals surface area contributed by atoms with E-state index < -0.39 is 0 Å². The molecule has 1 saturated heterocycles. The lowest BCUT2D eigenvalue weighted by atomic mass is 9.71. The maximum atomic E-state index is 6.21. The SMILES string of the molecule is c1ccc(OB(c2ccccc2)N2CCCC2)cc1. The maximum absolute atomic E-state index is 6.21. The van der Waals surface area contributed by atoms with Crippen LogP contribution in [0.2, 0.25) is 0 Å². The second-order valence-corrected chi connectivity index (χ2v) is 4.94. The lowest BCUT2D eigenvalue weighted by Crippen LogP contribution is -2.51. The zero-order chi connectivity index (χ0) is 12.9. The monoisotopic (exact) mass is 251 g/mol. The smallest absolute Gasteiger partial charge is 0.485 e. The molecule has 19 heavy (non-hydrogen) atoms. The van der Waals surface area contributed by atoms with Gasteiger partial charge < -0.3 is 9.47 Å². The van der Waals surface area contributed by atoms with Gasteiger partial charge in [-0.25, -0.2) is 0 Å². The minimum Gasteiger partial charge on any atom is -0.542 e. The van der Waals surface area contributed by atoms with Gasteiger partial charge in [-0.2, -0.15) is 0 Å². The molecule has 0 atom stereocenters. The van der Waals surface area contributed by atoms with Gasteiger partial charge in [0.2, 0.25) is 0 Å². The second kappa shape index (κ2) is 5.94. The van der Waals surface area contributed by atoms with Crippen LogP contribution < -0.4 is 10.1 Å². The number of nitrogens with zero attached hydrogens (tertiary/aromatic N) is 1. The van der Waals surface area contributed by atoms with Crippen LogP contribution >= 0.6 is 0 Å². The van der Waals surface area contributed by atoms with Crippen molar-refractivity contribution in [2.75, 3.05) is 13.1 Å². The molecule has 2 aromatic rings. The van der Waals surface area contributed by atoms with Crippen molar-refractivity contribution in [2.45, 2.75) is 12.8 Å². The fraction of sp³-hybridized carbons (Fsp3) is 0.250. The third kappa shape index (κ3) is 2.99. The molecule has 0 spiro atoms. The fourth-order valence-corrected chi connectivity index (χ4v) is 2.58. The Kier molecular flexibility index (Phi) is 3.85. The van der Waals surface area contributed by atoms with Crippen LogP contribution in [0.15, 0.2) is 60.7 Å². The van der Waals surface area contributed by atoms with Gasteiger partial charge in [-0.15, -0.1) is 0 Å². The van der Waals surface area contributed by atoms with Crippen molar-refractivity contribution < 1.29 is 4.65 Å². The molecule has 3 heteroatoms. The lowest BCUT2D eigenvalue weighted by molar-refractivity contribution is 0.437. The molecule has 0 bridgehead atoms. The molecule has 1 fully saturated rings. The average molecular weight is 251 g/mol. The van der Waals surface area contributed by atoms with Crippen molar-refractivity contribution in [3.8, 4) is 5.75 Å². The van der Waals surface area contributed by atoms with Gasteiger partial charge in [0.15, 0.2) is 0 Å². The number of benzene rings is 2. The maximum Gasteiger partial charge on any atom is 0.485 e. The lowest BCUT2D eigenvalue weighted by Gasteiger charge is -2.24. The van der Waals surface area contributed by atoms with Gasteiger partial charge in [0.25, 0.3) is 0 Å². The summed E-state index contributed by atoms with van der Waals surface area (Å²) < 4.78 is 6.21. The van der Waals surface area contributed by atoms with E-state index in [-0.39, 0.29) is 7.05 Å². The molecule has 0 aromatic heterocycles. The van der Waals surface area contributed by atoms with E-state index in [0.717, 1.165) is 18.8 Å². The van der Waals surface area contributed by atoms with E-state index in [1.165, 1.54) is 18.3 Å². The van der Waals surface area contributed by atoms with Crippen molar-refractivity contribution >= 4 is 12.5 Å². The van der Waals surface area contributed by atoms with Crippen LogP contribution in [0.4, 0.5) is 0 Å². The summed E-state index contributed by atoms with van der Waals surface area (Å²) in [6.45, 7) is 2.23. The Hall–Kier alpha value is -1.74. The Morgan fingerprint density at radius 3 is 2.00 bits per heavy atom. The van der Waals surface area contributed by atoms with Crippen LogP contribution in [-0.2, 0) is 0 Å². The van der Waals surface area contributed by atoms with Gasteiger partial charge in [0.05, 0.1) is 5.75 Å². The van der Waals surface area contributed by atoms with Crippen LogP contribution in [0.1, 0.15) is 12.8 Å². The summed E-state index contributed by atoms with van der Waals surface area (Å²) in [4.78, 5) is 2.42. The topological polar surface area (TPSA) is 12.5 Å². The molecule has 2 nitrogen and oxygen atoms in total. The van der Waals surface area contributed by atoms with E-state index >= 15 is 0 Å². The minimum atomic E-state index is 0.0334.